The van der Waals surface area contributed by atoms with Crippen molar-refractivity contribution in [1.29, 1.82) is 0 Å². The number of hydrogen-bond donors (Lipinski definition) is 0. The van der Waals surface area contributed by atoms with Crippen LogP contribution in [0.3, 0.4) is 0 Å². The van der Waals surface area contributed by atoms with Gasteiger partial charge in [0.05, 0.1) is 10.3 Å². The minimum Gasteiger partial charge on any atom is -0.341 e. The molecule has 0 N–H and O–H groups in total. The Kier molecular flexibility index (Phi) is 5.52. The second-order valence-corrected chi connectivity index (χ2v) is 10.4. The van der Waals surface area contributed by atoms with Gasteiger partial charge in [-0.1, -0.05) is 28.1 Å². The molecule has 1 heterocycles. The van der Waals surface area contributed by atoms with E-state index < -0.39 is 21.3 Å². The van der Waals surface area contributed by atoms with Crippen LogP contribution in [0.4, 0.5) is 4.39 Å². The minimum absolute atomic E-state index is 0.0754. The van der Waals surface area contributed by atoms with Crippen molar-refractivity contribution in [3.05, 3.63) is 64.4 Å². The van der Waals surface area contributed by atoms with Crippen molar-refractivity contribution < 1.29 is 17.6 Å². The largest absolute Gasteiger partial charge is 0.341 e. The molecule has 0 bridgehead atoms. The number of amides is 1. The monoisotopic (exact) mass is 480 g/mol. The zero-order valence-electron chi connectivity index (χ0n) is 15.9. The van der Waals surface area contributed by atoms with E-state index in [1.807, 2.05) is 24.3 Å². The Labute approximate surface area is 178 Å². The molecule has 2 aliphatic rings. The van der Waals surface area contributed by atoms with Crippen molar-refractivity contribution in [2.24, 2.45) is 0 Å². The molecule has 0 radical (unpaired) electrons. The van der Waals surface area contributed by atoms with E-state index >= 15 is 0 Å². The molecule has 8 heteroatoms. The van der Waals surface area contributed by atoms with Gasteiger partial charge < -0.3 is 4.90 Å². The Bertz CT molecular complexity index is 1020. The molecule has 0 atom stereocenters. The lowest BCUT2D eigenvalue weighted by atomic mass is 9.94. The van der Waals surface area contributed by atoms with Crippen LogP contribution in [0.2, 0.25) is 0 Å². The molecule has 1 aliphatic heterocycles. The molecule has 5 nitrogen and oxygen atoms in total. The van der Waals surface area contributed by atoms with Gasteiger partial charge in [0.25, 0.3) is 0 Å². The SMILES string of the molecule is O=C(N1CCCN(S(=O)(=O)c2ccc(F)cc2)CC1)C1(c2cccc(Br)c2)CC1. The standard InChI is InChI=1S/C21H22BrFN2O3S/c22-17-4-1-3-16(15-17)21(9-10-21)20(26)24-11-2-12-25(14-13-24)29(27,28)19-7-5-18(23)6-8-19/h1,3-8,15H,2,9-14H2. The second-order valence-electron chi connectivity index (χ2n) is 7.60. The van der Waals surface area contributed by atoms with Crippen LogP contribution in [-0.2, 0) is 20.2 Å². The van der Waals surface area contributed by atoms with Gasteiger partial charge in [-0.2, -0.15) is 4.31 Å². The second kappa shape index (κ2) is 7.81. The molecule has 1 saturated heterocycles. The number of benzene rings is 2. The first kappa shape index (κ1) is 20.5. The quantitative estimate of drug-likeness (QED) is 0.672. The van der Waals surface area contributed by atoms with Crippen molar-refractivity contribution in [3.63, 3.8) is 0 Å². The Hall–Kier alpha value is -1.77. The van der Waals surface area contributed by atoms with Crippen LogP contribution < -0.4 is 0 Å². The summed E-state index contributed by atoms with van der Waals surface area (Å²) >= 11 is 3.47. The molecule has 2 aromatic carbocycles. The van der Waals surface area contributed by atoms with Gasteiger partial charge in [-0.05, 0) is 61.2 Å². The third-order valence-corrected chi connectivity index (χ3v) is 8.14. The van der Waals surface area contributed by atoms with Crippen molar-refractivity contribution >= 4 is 31.9 Å². The Morgan fingerprint density at radius 1 is 1.00 bits per heavy atom. The van der Waals surface area contributed by atoms with E-state index in [0.29, 0.717) is 26.1 Å². The fraction of sp³-hybridized carbons (Fsp3) is 0.381. The maximum atomic E-state index is 13.3. The van der Waals surface area contributed by atoms with Crippen LogP contribution in [0, 0.1) is 5.82 Å². The number of nitrogens with zero attached hydrogens (tertiary/aromatic N) is 2. The van der Waals surface area contributed by atoms with Crippen molar-refractivity contribution in [3.8, 4) is 0 Å². The Morgan fingerprint density at radius 2 is 1.72 bits per heavy atom. The molecule has 0 spiro atoms. The number of carbonyl (C=O) groups is 1. The molecule has 1 amide bonds. The van der Waals surface area contributed by atoms with Gasteiger partial charge in [-0.25, -0.2) is 12.8 Å². The van der Waals surface area contributed by atoms with Crippen molar-refractivity contribution in [1.82, 2.24) is 9.21 Å². The lowest BCUT2D eigenvalue weighted by molar-refractivity contribution is -0.133. The molecule has 1 aliphatic carbocycles. The summed E-state index contributed by atoms with van der Waals surface area (Å²) in [5.41, 5.74) is 0.534. The van der Waals surface area contributed by atoms with E-state index in [9.17, 15) is 17.6 Å². The van der Waals surface area contributed by atoms with E-state index in [2.05, 4.69) is 15.9 Å². The lowest BCUT2D eigenvalue weighted by Crippen LogP contribution is -2.42. The molecule has 2 fully saturated rings. The highest BCUT2D eigenvalue weighted by atomic mass is 79.9. The summed E-state index contributed by atoms with van der Waals surface area (Å²) in [5.74, 6) is -0.393. The van der Waals surface area contributed by atoms with Gasteiger partial charge in [-0.15, -0.1) is 0 Å². The van der Waals surface area contributed by atoms with E-state index in [1.165, 1.54) is 16.4 Å². The van der Waals surface area contributed by atoms with Crippen LogP contribution in [0.25, 0.3) is 0 Å². The Balaban J connectivity index is 1.49. The van der Waals surface area contributed by atoms with E-state index in [4.69, 9.17) is 0 Å². The number of hydrogen-bond acceptors (Lipinski definition) is 3. The minimum atomic E-state index is -3.71. The number of halogens is 2. The van der Waals surface area contributed by atoms with Gasteiger partial charge in [0.1, 0.15) is 5.82 Å². The van der Waals surface area contributed by atoms with Crippen molar-refractivity contribution in [2.75, 3.05) is 26.2 Å². The first-order valence-corrected chi connectivity index (χ1v) is 11.9. The summed E-state index contributed by atoms with van der Waals surface area (Å²) in [5, 5.41) is 0. The molecular formula is C21H22BrFN2O3S. The van der Waals surface area contributed by atoms with E-state index in [1.54, 1.807) is 4.90 Å². The number of carbonyl (C=O) groups excluding carboxylic acids is 1. The van der Waals surface area contributed by atoms with Gasteiger partial charge in [0.2, 0.25) is 15.9 Å². The maximum absolute atomic E-state index is 13.3. The first-order valence-electron chi connectivity index (χ1n) is 9.64. The van der Waals surface area contributed by atoms with Crippen LogP contribution in [0.5, 0.6) is 0 Å². The molecule has 4 rings (SSSR count). The summed E-state index contributed by atoms with van der Waals surface area (Å²) in [6.07, 6.45) is 2.20. The normalized spacial score (nSPS) is 19.6. The third-order valence-electron chi connectivity index (χ3n) is 5.73. The molecule has 154 valence electrons. The first-order chi connectivity index (χ1) is 13.8. The van der Waals surface area contributed by atoms with Crippen LogP contribution >= 0.6 is 15.9 Å². The molecule has 0 unspecified atom stereocenters. The maximum Gasteiger partial charge on any atom is 0.243 e. The predicted octanol–water partition coefficient (Wildman–Crippen LogP) is 3.54. The van der Waals surface area contributed by atoms with Crippen LogP contribution in [0.1, 0.15) is 24.8 Å². The summed E-state index contributed by atoms with van der Waals surface area (Å²) in [7, 11) is -3.71. The van der Waals surface area contributed by atoms with Gasteiger partial charge in [0.15, 0.2) is 0 Å². The Morgan fingerprint density at radius 3 is 2.38 bits per heavy atom. The predicted molar refractivity (Wildman–Crippen MR) is 111 cm³/mol. The van der Waals surface area contributed by atoms with Crippen LogP contribution in [0.15, 0.2) is 57.9 Å². The fourth-order valence-electron chi connectivity index (χ4n) is 3.93. The molecule has 1 saturated carbocycles. The summed E-state index contributed by atoms with van der Waals surface area (Å²) in [6, 6.07) is 12.7. The highest BCUT2D eigenvalue weighted by Crippen LogP contribution is 2.50. The van der Waals surface area contributed by atoms with E-state index in [0.717, 1.165) is 35.0 Å². The zero-order chi connectivity index (χ0) is 20.6. The smallest absolute Gasteiger partial charge is 0.243 e. The average Bonchev–Trinajstić information content (AvgIpc) is 3.52. The zero-order valence-corrected chi connectivity index (χ0v) is 18.3. The van der Waals surface area contributed by atoms with Crippen molar-refractivity contribution in [2.45, 2.75) is 29.6 Å². The fourth-order valence-corrected chi connectivity index (χ4v) is 5.80. The summed E-state index contributed by atoms with van der Waals surface area (Å²) < 4.78 is 41.3. The summed E-state index contributed by atoms with van der Waals surface area (Å²) in [4.78, 5) is 15.2. The van der Waals surface area contributed by atoms with Gasteiger partial charge >= 0.3 is 0 Å². The topological polar surface area (TPSA) is 57.7 Å². The average molecular weight is 481 g/mol. The third kappa shape index (κ3) is 3.98. The molecule has 2 aromatic rings. The highest BCUT2D eigenvalue weighted by molar-refractivity contribution is 9.10. The van der Waals surface area contributed by atoms with E-state index in [-0.39, 0.29) is 17.3 Å². The summed E-state index contributed by atoms with van der Waals surface area (Å²) in [6.45, 7) is 1.46. The van der Waals surface area contributed by atoms with Gasteiger partial charge in [0, 0.05) is 30.7 Å². The molecule has 0 aromatic heterocycles. The van der Waals surface area contributed by atoms with Crippen LogP contribution in [-0.4, -0.2) is 49.7 Å². The highest BCUT2D eigenvalue weighted by Gasteiger charge is 2.53. The number of rotatable bonds is 4. The lowest BCUT2D eigenvalue weighted by Gasteiger charge is -2.26. The molecule has 29 heavy (non-hydrogen) atoms. The van der Waals surface area contributed by atoms with Gasteiger partial charge in [-0.3, -0.25) is 4.79 Å². The molecular weight excluding hydrogens is 459 g/mol. The number of sulfonamides is 1.